The zero-order chi connectivity index (χ0) is 21.9. The molecule has 1 aromatic rings. The van der Waals surface area contributed by atoms with Gasteiger partial charge in [0.15, 0.2) is 0 Å². The number of dihydropyridines is 1. The van der Waals surface area contributed by atoms with Gasteiger partial charge in [0, 0.05) is 23.9 Å². The highest BCUT2D eigenvalue weighted by Crippen LogP contribution is 2.28. The minimum Gasteiger partial charge on any atom is -0.497 e. The molecule has 9 heteroatoms. The van der Waals surface area contributed by atoms with E-state index in [1.165, 1.54) is 4.90 Å². The smallest absolute Gasteiger partial charge is 0.416 e. The Morgan fingerprint density at radius 3 is 2.63 bits per heavy atom. The third kappa shape index (κ3) is 4.97. The molecule has 2 heterocycles. The van der Waals surface area contributed by atoms with Crippen molar-refractivity contribution >= 4 is 12.1 Å². The maximum absolute atomic E-state index is 13.0. The lowest BCUT2D eigenvalue weighted by molar-refractivity contribution is 0.0282. The Morgan fingerprint density at radius 1 is 1.20 bits per heavy atom. The summed E-state index contributed by atoms with van der Waals surface area (Å²) in [4.78, 5) is 26.1. The van der Waals surface area contributed by atoms with Crippen LogP contribution >= 0.6 is 0 Å². The minimum absolute atomic E-state index is 0.176. The summed E-state index contributed by atoms with van der Waals surface area (Å²) >= 11 is 0. The van der Waals surface area contributed by atoms with E-state index in [2.05, 4.69) is 16.0 Å². The molecule has 0 radical (unpaired) electrons. The molecule has 1 unspecified atom stereocenters. The van der Waals surface area contributed by atoms with Gasteiger partial charge < -0.3 is 30.2 Å². The van der Waals surface area contributed by atoms with E-state index in [9.17, 15) is 9.59 Å². The molecule has 3 N–H and O–H groups in total. The summed E-state index contributed by atoms with van der Waals surface area (Å²) < 4.78 is 16.4. The number of allylic oxidation sites excluding steroid dienone is 2. The monoisotopic (exact) mass is 416 g/mol. The molecule has 0 aliphatic carbocycles. The van der Waals surface area contributed by atoms with Crippen molar-refractivity contribution in [2.45, 2.75) is 39.0 Å². The van der Waals surface area contributed by atoms with Crippen molar-refractivity contribution in [3.63, 3.8) is 0 Å². The van der Waals surface area contributed by atoms with Gasteiger partial charge in [0.2, 0.25) is 0 Å². The molecule has 1 saturated heterocycles. The predicted molar refractivity (Wildman–Crippen MR) is 111 cm³/mol. The zero-order valence-electron chi connectivity index (χ0n) is 17.9. The molecule has 3 amide bonds. The van der Waals surface area contributed by atoms with E-state index in [0.29, 0.717) is 23.9 Å². The second kappa shape index (κ2) is 8.56. The van der Waals surface area contributed by atoms with Crippen LogP contribution in [0.2, 0.25) is 0 Å². The highest BCUT2D eigenvalue weighted by molar-refractivity contribution is 5.78. The van der Waals surface area contributed by atoms with Crippen molar-refractivity contribution in [2.75, 3.05) is 20.8 Å². The number of ether oxygens (including phenoxy) is 3. The maximum Gasteiger partial charge on any atom is 0.416 e. The summed E-state index contributed by atoms with van der Waals surface area (Å²) in [7, 11) is 3.15. The molecule has 1 fully saturated rings. The van der Waals surface area contributed by atoms with Crippen molar-refractivity contribution < 1.29 is 23.8 Å². The molecule has 0 bridgehead atoms. The molecule has 2 aliphatic heterocycles. The van der Waals surface area contributed by atoms with Crippen LogP contribution in [0.15, 0.2) is 41.9 Å². The number of urea groups is 1. The van der Waals surface area contributed by atoms with Gasteiger partial charge in [0.05, 0.1) is 26.8 Å². The van der Waals surface area contributed by atoms with Gasteiger partial charge in [-0.15, -0.1) is 0 Å². The van der Waals surface area contributed by atoms with Crippen molar-refractivity contribution in [3.8, 4) is 11.5 Å². The molecule has 3 rings (SSSR count). The van der Waals surface area contributed by atoms with E-state index in [1.807, 2.05) is 32.9 Å². The van der Waals surface area contributed by atoms with Crippen LogP contribution in [0.3, 0.4) is 0 Å². The highest BCUT2D eigenvalue weighted by atomic mass is 16.6. The summed E-state index contributed by atoms with van der Waals surface area (Å²) in [6.07, 6.45) is 3.04. The summed E-state index contributed by atoms with van der Waals surface area (Å²) in [5.41, 5.74) is 0.876. The Balaban J connectivity index is 1.92. The fraction of sp³-hybridized carbons (Fsp3) is 0.429. The van der Waals surface area contributed by atoms with Crippen LogP contribution in [0.1, 0.15) is 26.3 Å². The average molecular weight is 416 g/mol. The molecule has 1 aromatic carbocycles. The van der Waals surface area contributed by atoms with Crippen molar-refractivity contribution in [1.29, 1.82) is 0 Å². The van der Waals surface area contributed by atoms with Gasteiger partial charge in [-0.1, -0.05) is 0 Å². The third-order valence-corrected chi connectivity index (χ3v) is 4.57. The molecule has 162 valence electrons. The van der Waals surface area contributed by atoms with E-state index >= 15 is 0 Å². The Kier molecular flexibility index (Phi) is 6.09. The largest absolute Gasteiger partial charge is 0.497 e. The molecule has 30 heavy (non-hydrogen) atoms. The van der Waals surface area contributed by atoms with Crippen molar-refractivity contribution in [3.05, 3.63) is 47.4 Å². The summed E-state index contributed by atoms with van der Waals surface area (Å²) in [6, 6.07) is 5.01. The fourth-order valence-electron chi connectivity index (χ4n) is 3.13. The number of nitrogens with one attached hydrogen (secondary N) is 3. The van der Waals surface area contributed by atoms with E-state index in [1.54, 1.807) is 32.4 Å². The van der Waals surface area contributed by atoms with Crippen LogP contribution in [0.5, 0.6) is 11.5 Å². The number of fused-ring (bicyclic) bond motifs is 1. The lowest BCUT2D eigenvalue weighted by Crippen LogP contribution is -2.57. The summed E-state index contributed by atoms with van der Waals surface area (Å²) in [5, 5.41) is 8.80. The molecule has 9 nitrogen and oxygen atoms in total. The number of carbonyl (C=O) groups excluding carboxylic acids is 2. The molecule has 1 atom stereocenters. The Labute approximate surface area is 176 Å². The summed E-state index contributed by atoms with van der Waals surface area (Å²) in [5.74, 6) is 1.82. The maximum atomic E-state index is 13.0. The predicted octanol–water partition coefficient (Wildman–Crippen LogP) is 2.45. The van der Waals surface area contributed by atoms with Gasteiger partial charge in [-0.25, -0.2) is 9.59 Å². The topological polar surface area (TPSA) is 101 Å². The van der Waals surface area contributed by atoms with Crippen LogP contribution in [-0.2, 0) is 11.3 Å². The third-order valence-electron chi connectivity index (χ3n) is 4.57. The number of methoxy groups -OCH3 is 2. The minimum atomic E-state index is -0.657. The standard InChI is InChI=1S/C21H28N4O5/c1-21(2,3)30-20(27)25(12-13-6-7-14(28-4)10-17(13)29-5)18-9-8-15-16(23-18)11-22-19(26)24-15/h6-10,16,23H,11-12H2,1-5H3,(H2,22,24,26). The number of nitrogens with zero attached hydrogens (tertiary/aromatic N) is 1. The van der Waals surface area contributed by atoms with Gasteiger partial charge >= 0.3 is 12.1 Å². The normalized spacial score (nSPS) is 17.9. The Morgan fingerprint density at radius 2 is 1.97 bits per heavy atom. The zero-order valence-corrected chi connectivity index (χ0v) is 17.9. The molecule has 0 aromatic heterocycles. The molecular formula is C21H28N4O5. The molecule has 0 saturated carbocycles. The van der Waals surface area contributed by atoms with Crippen LogP contribution < -0.4 is 25.4 Å². The van der Waals surface area contributed by atoms with Crippen LogP contribution in [0, 0.1) is 0 Å². The number of hydrogen-bond acceptors (Lipinski definition) is 6. The van der Waals surface area contributed by atoms with Crippen LogP contribution in [0.25, 0.3) is 0 Å². The first kappa shape index (κ1) is 21.4. The fourth-order valence-corrected chi connectivity index (χ4v) is 3.13. The first-order valence-corrected chi connectivity index (χ1v) is 9.65. The number of carbonyl (C=O) groups is 2. The lowest BCUT2D eigenvalue weighted by Gasteiger charge is -2.36. The number of hydrogen-bond donors (Lipinski definition) is 3. The number of benzene rings is 1. The van der Waals surface area contributed by atoms with Gasteiger partial charge in [-0.2, -0.15) is 0 Å². The lowest BCUT2D eigenvalue weighted by atomic mass is 10.1. The SMILES string of the molecule is COc1ccc(CN(C(=O)OC(C)(C)C)C2=CC=C3NC(=O)NCC3N2)c(OC)c1. The molecular weight excluding hydrogens is 388 g/mol. The number of amides is 3. The van der Waals surface area contributed by atoms with E-state index in [0.717, 1.165) is 11.3 Å². The van der Waals surface area contributed by atoms with Gasteiger partial charge in [0.25, 0.3) is 0 Å². The molecule has 0 spiro atoms. The van der Waals surface area contributed by atoms with Crippen LogP contribution in [0.4, 0.5) is 9.59 Å². The van der Waals surface area contributed by atoms with Crippen LogP contribution in [-0.4, -0.2) is 49.4 Å². The average Bonchev–Trinajstić information content (AvgIpc) is 2.70. The highest BCUT2D eigenvalue weighted by Gasteiger charge is 2.31. The van der Waals surface area contributed by atoms with Gasteiger partial charge in [0.1, 0.15) is 22.9 Å². The van der Waals surface area contributed by atoms with Crippen molar-refractivity contribution in [1.82, 2.24) is 20.9 Å². The van der Waals surface area contributed by atoms with Crippen molar-refractivity contribution in [2.24, 2.45) is 0 Å². The Bertz CT molecular complexity index is 888. The quantitative estimate of drug-likeness (QED) is 0.682. The van der Waals surface area contributed by atoms with Gasteiger partial charge in [-0.3, -0.25) is 4.90 Å². The molecule has 2 aliphatic rings. The first-order valence-electron chi connectivity index (χ1n) is 9.65. The van der Waals surface area contributed by atoms with E-state index < -0.39 is 11.7 Å². The van der Waals surface area contributed by atoms with E-state index in [-0.39, 0.29) is 18.6 Å². The first-order chi connectivity index (χ1) is 14.2. The Hall–Kier alpha value is -3.36. The second-order valence-electron chi connectivity index (χ2n) is 7.95. The summed E-state index contributed by atoms with van der Waals surface area (Å²) in [6.45, 7) is 6.08. The van der Waals surface area contributed by atoms with E-state index in [4.69, 9.17) is 14.2 Å². The number of rotatable bonds is 5. The second-order valence-corrected chi connectivity index (χ2v) is 7.95. The van der Waals surface area contributed by atoms with Gasteiger partial charge in [-0.05, 0) is 45.1 Å².